The van der Waals surface area contributed by atoms with Gasteiger partial charge in [0.15, 0.2) is 0 Å². The number of rotatable bonds is 5. The molecule has 1 aromatic carbocycles. The zero-order chi connectivity index (χ0) is 13.2. The molecule has 1 aromatic rings. The molecule has 0 spiro atoms. The Hall–Kier alpha value is -0.770. The van der Waals surface area contributed by atoms with E-state index in [0.29, 0.717) is 5.02 Å². The van der Waals surface area contributed by atoms with E-state index in [0.717, 1.165) is 30.6 Å². The minimum absolute atomic E-state index is 0.0390. The molecule has 3 nitrogen and oxygen atoms in total. The lowest BCUT2D eigenvalue weighted by Crippen LogP contribution is -2.41. The Morgan fingerprint density at radius 1 is 1.39 bits per heavy atom. The minimum atomic E-state index is -0.0938. The van der Waals surface area contributed by atoms with Gasteiger partial charge in [-0.3, -0.25) is 0 Å². The van der Waals surface area contributed by atoms with Gasteiger partial charge in [-0.15, -0.1) is 0 Å². The van der Waals surface area contributed by atoms with Gasteiger partial charge in [0.2, 0.25) is 0 Å². The van der Waals surface area contributed by atoms with Crippen molar-refractivity contribution in [3.05, 3.63) is 28.8 Å². The average Bonchev–Trinajstić information content (AvgIpc) is 2.33. The molecular formula is C14H20ClNO2. The van der Waals surface area contributed by atoms with Crippen molar-refractivity contribution in [1.29, 1.82) is 0 Å². The number of hydrogen-bond acceptors (Lipinski definition) is 3. The van der Waals surface area contributed by atoms with Gasteiger partial charge >= 0.3 is 0 Å². The molecule has 0 radical (unpaired) electrons. The first-order valence-electron chi connectivity index (χ1n) is 6.24. The molecule has 1 aliphatic rings. The third kappa shape index (κ3) is 2.63. The van der Waals surface area contributed by atoms with Crippen molar-refractivity contribution >= 4 is 11.6 Å². The van der Waals surface area contributed by atoms with Gasteiger partial charge in [-0.25, -0.2) is 0 Å². The van der Waals surface area contributed by atoms with Gasteiger partial charge in [0.1, 0.15) is 5.75 Å². The Balaban J connectivity index is 2.11. The molecule has 2 N–H and O–H groups in total. The fourth-order valence-electron chi connectivity index (χ4n) is 2.51. The van der Waals surface area contributed by atoms with Crippen molar-refractivity contribution in [3.8, 4) is 5.75 Å². The molecule has 1 aliphatic carbocycles. The predicted molar refractivity (Wildman–Crippen MR) is 73.1 cm³/mol. The monoisotopic (exact) mass is 269 g/mol. The molecule has 2 rings (SSSR count). The number of ether oxygens (including phenoxy) is 2. The van der Waals surface area contributed by atoms with Crippen molar-refractivity contribution < 1.29 is 9.47 Å². The number of nitrogens with two attached hydrogens (primary N) is 1. The van der Waals surface area contributed by atoms with Crippen molar-refractivity contribution in [2.24, 2.45) is 5.73 Å². The average molecular weight is 270 g/mol. The molecule has 1 saturated carbocycles. The van der Waals surface area contributed by atoms with Crippen LogP contribution in [0.25, 0.3) is 0 Å². The van der Waals surface area contributed by atoms with Crippen LogP contribution in [0.3, 0.4) is 0 Å². The van der Waals surface area contributed by atoms with E-state index < -0.39 is 0 Å². The highest BCUT2D eigenvalue weighted by Gasteiger charge is 2.38. The number of halogens is 1. The zero-order valence-corrected chi connectivity index (χ0v) is 11.7. The first-order chi connectivity index (χ1) is 8.60. The standard InChI is InChI=1S/C14H20ClNO2/c1-17-10-4-5-11(12(15)8-10)13(16)9-14(18-2)6-3-7-14/h4-5,8,13H,3,6-7,9,16H2,1-2H3. The van der Waals surface area contributed by atoms with Crippen LogP contribution in [0.4, 0.5) is 0 Å². The molecule has 0 aliphatic heterocycles. The molecule has 100 valence electrons. The first kappa shape index (κ1) is 13.7. The molecule has 1 atom stereocenters. The lowest BCUT2D eigenvalue weighted by atomic mass is 9.75. The van der Waals surface area contributed by atoms with E-state index in [1.807, 2.05) is 12.1 Å². The van der Waals surface area contributed by atoms with Crippen LogP contribution in [0.1, 0.15) is 37.3 Å². The van der Waals surface area contributed by atoms with E-state index >= 15 is 0 Å². The van der Waals surface area contributed by atoms with E-state index in [4.69, 9.17) is 26.8 Å². The fraction of sp³-hybridized carbons (Fsp3) is 0.571. The summed E-state index contributed by atoms with van der Waals surface area (Å²) in [5, 5.41) is 0.660. The van der Waals surface area contributed by atoms with E-state index in [9.17, 15) is 0 Å². The summed E-state index contributed by atoms with van der Waals surface area (Å²) in [5.74, 6) is 0.751. The normalized spacial score (nSPS) is 19.1. The SMILES string of the molecule is COc1ccc(C(N)CC2(OC)CCC2)c(Cl)c1. The van der Waals surface area contributed by atoms with Gasteiger partial charge in [-0.1, -0.05) is 17.7 Å². The first-order valence-corrected chi connectivity index (χ1v) is 6.62. The molecule has 0 heterocycles. The molecule has 0 bridgehead atoms. The maximum atomic E-state index is 6.25. The maximum absolute atomic E-state index is 6.25. The highest BCUT2D eigenvalue weighted by atomic mass is 35.5. The quantitative estimate of drug-likeness (QED) is 0.892. The topological polar surface area (TPSA) is 44.5 Å². The lowest BCUT2D eigenvalue weighted by Gasteiger charge is -2.42. The maximum Gasteiger partial charge on any atom is 0.120 e. The summed E-state index contributed by atoms with van der Waals surface area (Å²) in [4.78, 5) is 0. The molecular weight excluding hydrogens is 250 g/mol. The summed E-state index contributed by atoms with van der Waals surface area (Å²) < 4.78 is 10.7. The van der Waals surface area contributed by atoms with Crippen molar-refractivity contribution in [2.45, 2.75) is 37.3 Å². The molecule has 0 saturated heterocycles. The van der Waals surface area contributed by atoms with E-state index in [1.54, 1.807) is 20.3 Å². The summed E-state index contributed by atoms with van der Waals surface area (Å²) in [5.41, 5.74) is 7.17. The van der Waals surface area contributed by atoms with E-state index in [2.05, 4.69) is 0 Å². The van der Waals surface area contributed by atoms with Gasteiger partial charge < -0.3 is 15.2 Å². The third-order valence-corrected chi connectivity index (χ3v) is 4.22. The molecule has 4 heteroatoms. The smallest absolute Gasteiger partial charge is 0.120 e. The number of methoxy groups -OCH3 is 2. The number of benzene rings is 1. The summed E-state index contributed by atoms with van der Waals surface area (Å²) in [7, 11) is 3.39. The van der Waals surface area contributed by atoms with Crippen LogP contribution in [0.15, 0.2) is 18.2 Å². The molecule has 18 heavy (non-hydrogen) atoms. The summed E-state index contributed by atoms with van der Waals surface area (Å²) in [6, 6.07) is 5.54. The van der Waals surface area contributed by atoms with Crippen LogP contribution in [-0.2, 0) is 4.74 Å². The van der Waals surface area contributed by atoms with E-state index in [-0.39, 0.29) is 11.6 Å². The van der Waals surface area contributed by atoms with Gasteiger partial charge in [0, 0.05) is 18.2 Å². The summed E-state index contributed by atoms with van der Waals surface area (Å²) in [6.07, 6.45) is 4.21. The zero-order valence-electron chi connectivity index (χ0n) is 10.9. The second kappa shape index (κ2) is 5.47. The second-order valence-corrected chi connectivity index (χ2v) is 5.35. The van der Waals surface area contributed by atoms with Crippen LogP contribution < -0.4 is 10.5 Å². The predicted octanol–water partition coefficient (Wildman–Crippen LogP) is 3.31. The van der Waals surface area contributed by atoms with Crippen LogP contribution in [0.5, 0.6) is 5.75 Å². The van der Waals surface area contributed by atoms with Crippen LogP contribution in [0.2, 0.25) is 5.02 Å². The Labute approximate surface area is 113 Å². The van der Waals surface area contributed by atoms with Crippen LogP contribution >= 0.6 is 11.6 Å². The molecule has 1 unspecified atom stereocenters. The van der Waals surface area contributed by atoms with Gasteiger partial charge in [0.25, 0.3) is 0 Å². The second-order valence-electron chi connectivity index (χ2n) is 4.94. The van der Waals surface area contributed by atoms with Crippen molar-refractivity contribution in [1.82, 2.24) is 0 Å². The minimum Gasteiger partial charge on any atom is -0.497 e. The number of hydrogen-bond donors (Lipinski definition) is 1. The lowest BCUT2D eigenvalue weighted by molar-refractivity contribution is -0.0816. The third-order valence-electron chi connectivity index (χ3n) is 3.90. The van der Waals surface area contributed by atoms with Crippen LogP contribution in [-0.4, -0.2) is 19.8 Å². The molecule has 0 amide bonds. The molecule has 0 aromatic heterocycles. The molecule has 1 fully saturated rings. The Morgan fingerprint density at radius 3 is 2.56 bits per heavy atom. The van der Waals surface area contributed by atoms with Gasteiger partial charge in [0.05, 0.1) is 12.7 Å². The van der Waals surface area contributed by atoms with Crippen LogP contribution in [0, 0.1) is 0 Å². The van der Waals surface area contributed by atoms with Gasteiger partial charge in [-0.05, 0) is 43.4 Å². The summed E-state index contributed by atoms with van der Waals surface area (Å²) >= 11 is 6.24. The van der Waals surface area contributed by atoms with Crippen molar-refractivity contribution in [3.63, 3.8) is 0 Å². The largest absolute Gasteiger partial charge is 0.497 e. The van der Waals surface area contributed by atoms with E-state index in [1.165, 1.54) is 6.42 Å². The Morgan fingerprint density at radius 2 is 2.11 bits per heavy atom. The highest BCUT2D eigenvalue weighted by Crippen LogP contribution is 2.42. The Bertz CT molecular complexity index is 413. The van der Waals surface area contributed by atoms with Crippen molar-refractivity contribution in [2.75, 3.05) is 14.2 Å². The fourth-order valence-corrected chi connectivity index (χ4v) is 2.82. The summed E-state index contributed by atoms with van der Waals surface area (Å²) in [6.45, 7) is 0. The highest BCUT2D eigenvalue weighted by molar-refractivity contribution is 6.31. The van der Waals surface area contributed by atoms with Gasteiger partial charge in [-0.2, -0.15) is 0 Å². The Kier molecular flexibility index (Phi) is 4.15.